The first-order chi connectivity index (χ1) is 6.71. The van der Waals surface area contributed by atoms with Gasteiger partial charge < -0.3 is 11.1 Å². The van der Waals surface area contributed by atoms with Crippen LogP contribution in [0.2, 0.25) is 0 Å². The standard InChI is InChI=1S/C10H14N2OS/c11-10(3-4-10)9(13)12-5-1-8-2-6-14-7-8/h2,6-7H,1,3-5,11H2,(H,12,13). The Balaban J connectivity index is 1.71. The van der Waals surface area contributed by atoms with Gasteiger partial charge in [-0.15, -0.1) is 0 Å². The number of hydrogen-bond donors (Lipinski definition) is 2. The predicted octanol–water partition coefficient (Wildman–Crippen LogP) is 0.898. The summed E-state index contributed by atoms with van der Waals surface area (Å²) in [6, 6.07) is 2.08. The van der Waals surface area contributed by atoms with Crippen molar-refractivity contribution >= 4 is 17.2 Å². The van der Waals surface area contributed by atoms with Crippen LogP contribution in [0, 0.1) is 0 Å². The molecule has 76 valence electrons. The summed E-state index contributed by atoms with van der Waals surface area (Å²) in [4.78, 5) is 11.4. The van der Waals surface area contributed by atoms with Crippen molar-refractivity contribution in [3.8, 4) is 0 Å². The van der Waals surface area contributed by atoms with E-state index in [2.05, 4.69) is 16.8 Å². The average molecular weight is 210 g/mol. The fourth-order valence-corrected chi connectivity index (χ4v) is 2.00. The topological polar surface area (TPSA) is 55.1 Å². The minimum Gasteiger partial charge on any atom is -0.354 e. The number of nitrogens with one attached hydrogen (secondary N) is 1. The Bertz CT molecular complexity index is 317. The van der Waals surface area contributed by atoms with Gasteiger partial charge in [-0.2, -0.15) is 11.3 Å². The zero-order chi connectivity index (χ0) is 10.0. The van der Waals surface area contributed by atoms with Gasteiger partial charge in [0.1, 0.15) is 0 Å². The fraction of sp³-hybridized carbons (Fsp3) is 0.500. The monoisotopic (exact) mass is 210 g/mol. The number of amides is 1. The maximum Gasteiger partial charge on any atom is 0.240 e. The van der Waals surface area contributed by atoms with Crippen LogP contribution in [0.5, 0.6) is 0 Å². The highest BCUT2D eigenvalue weighted by molar-refractivity contribution is 7.07. The summed E-state index contributed by atoms with van der Waals surface area (Å²) < 4.78 is 0. The zero-order valence-electron chi connectivity index (χ0n) is 7.95. The molecule has 1 heterocycles. The van der Waals surface area contributed by atoms with Crippen LogP contribution in [0.25, 0.3) is 0 Å². The van der Waals surface area contributed by atoms with E-state index < -0.39 is 5.54 Å². The lowest BCUT2D eigenvalue weighted by atomic mass is 10.2. The van der Waals surface area contributed by atoms with Crippen LogP contribution in [0.4, 0.5) is 0 Å². The van der Waals surface area contributed by atoms with Crippen molar-refractivity contribution < 1.29 is 4.79 Å². The maximum absolute atomic E-state index is 11.4. The van der Waals surface area contributed by atoms with Crippen molar-refractivity contribution in [1.29, 1.82) is 0 Å². The number of rotatable bonds is 4. The van der Waals surface area contributed by atoms with Gasteiger partial charge in [-0.25, -0.2) is 0 Å². The summed E-state index contributed by atoms with van der Waals surface area (Å²) in [6.07, 6.45) is 2.56. The van der Waals surface area contributed by atoms with E-state index in [1.807, 2.05) is 5.38 Å². The highest BCUT2D eigenvalue weighted by Crippen LogP contribution is 2.31. The van der Waals surface area contributed by atoms with Gasteiger partial charge in [-0.05, 0) is 41.7 Å². The highest BCUT2D eigenvalue weighted by atomic mass is 32.1. The molecule has 1 aromatic heterocycles. The molecule has 3 N–H and O–H groups in total. The van der Waals surface area contributed by atoms with Gasteiger partial charge in [-0.1, -0.05) is 0 Å². The van der Waals surface area contributed by atoms with Crippen molar-refractivity contribution in [2.45, 2.75) is 24.8 Å². The van der Waals surface area contributed by atoms with E-state index in [0.29, 0.717) is 6.54 Å². The van der Waals surface area contributed by atoms with E-state index in [9.17, 15) is 4.79 Å². The second kappa shape index (κ2) is 3.71. The van der Waals surface area contributed by atoms with Crippen LogP contribution in [0.3, 0.4) is 0 Å². The highest BCUT2D eigenvalue weighted by Gasteiger charge is 2.45. The molecule has 1 fully saturated rings. The molecule has 0 unspecified atom stereocenters. The molecule has 2 rings (SSSR count). The van der Waals surface area contributed by atoms with Crippen LogP contribution in [0.15, 0.2) is 16.8 Å². The Morgan fingerprint density at radius 2 is 2.43 bits per heavy atom. The number of carbonyl (C=O) groups is 1. The number of hydrogen-bond acceptors (Lipinski definition) is 3. The summed E-state index contributed by atoms with van der Waals surface area (Å²) >= 11 is 1.68. The van der Waals surface area contributed by atoms with Crippen LogP contribution in [0.1, 0.15) is 18.4 Å². The van der Waals surface area contributed by atoms with Gasteiger partial charge in [0.05, 0.1) is 5.54 Å². The van der Waals surface area contributed by atoms with Gasteiger partial charge in [0, 0.05) is 6.54 Å². The van der Waals surface area contributed by atoms with E-state index in [4.69, 9.17) is 5.73 Å². The van der Waals surface area contributed by atoms with Crippen LogP contribution < -0.4 is 11.1 Å². The van der Waals surface area contributed by atoms with Gasteiger partial charge in [0.25, 0.3) is 0 Å². The molecule has 1 saturated carbocycles. The lowest BCUT2D eigenvalue weighted by Crippen LogP contribution is -2.43. The number of nitrogens with two attached hydrogens (primary N) is 1. The van der Waals surface area contributed by atoms with Gasteiger partial charge in [0.15, 0.2) is 0 Å². The SMILES string of the molecule is NC1(C(=O)NCCc2ccsc2)CC1. The Morgan fingerprint density at radius 3 is 3.00 bits per heavy atom. The molecule has 14 heavy (non-hydrogen) atoms. The smallest absolute Gasteiger partial charge is 0.240 e. The lowest BCUT2D eigenvalue weighted by molar-refractivity contribution is -0.123. The van der Waals surface area contributed by atoms with Crippen LogP contribution >= 0.6 is 11.3 Å². The van der Waals surface area contributed by atoms with E-state index in [1.54, 1.807) is 11.3 Å². The molecule has 0 atom stereocenters. The zero-order valence-corrected chi connectivity index (χ0v) is 8.77. The molecule has 0 aliphatic heterocycles. The Hall–Kier alpha value is -0.870. The summed E-state index contributed by atoms with van der Waals surface area (Å²) in [5, 5.41) is 7.01. The second-order valence-electron chi connectivity index (χ2n) is 3.79. The first-order valence-corrected chi connectivity index (χ1v) is 5.73. The quantitative estimate of drug-likeness (QED) is 0.775. The Kier molecular flexibility index (Phi) is 2.56. The van der Waals surface area contributed by atoms with Crippen molar-refractivity contribution in [2.24, 2.45) is 5.73 Å². The largest absolute Gasteiger partial charge is 0.354 e. The van der Waals surface area contributed by atoms with E-state index in [-0.39, 0.29) is 5.91 Å². The molecule has 0 saturated heterocycles. The summed E-state index contributed by atoms with van der Waals surface area (Å²) in [6.45, 7) is 0.689. The molecule has 1 aliphatic rings. The Labute approximate surface area is 87.3 Å². The third kappa shape index (κ3) is 2.13. The molecule has 3 nitrogen and oxygen atoms in total. The Morgan fingerprint density at radius 1 is 1.64 bits per heavy atom. The molecule has 0 bridgehead atoms. The van der Waals surface area contributed by atoms with Gasteiger partial charge in [-0.3, -0.25) is 4.79 Å². The number of thiophene rings is 1. The molecular weight excluding hydrogens is 196 g/mol. The van der Waals surface area contributed by atoms with Gasteiger partial charge in [0.2, 0.25) is 5.91 Å². The number of carbonyl (C=O) groups excluding carboxylic acids is 1. The van der Waals surface area contributed by atoms with Crippen molar-refractivity contribution in [1.82, 2.24) is 5.32 Å². The van der Waals surface area contributed by atoms with Crippen molar-refractivity contribution in [2.75, 3.05) is 6.54 Å². The van der Waals surface area contributed by atoms with Crippen molar-refractivity contribution in [3.05, 3.63) is 22.4 Å². The van der Waals surface area contributed by atoms with E-state index in [0.717, 1.165) is 19.3 Å². The van der Waals surface area contributed by atoms with E-state index >= 15 is 0 Å². The van der Waals surface area contributed by atoms with E-state index in [1.165, 1.54) is 5.56 Å². The average Bonchev–Trinajstić information content (AvgIpc) is 2.73. The normalized spacial score (nSPS) is 17.8. The molecule has 1 aromatic rings. The minimum atomic E-state index is -0.533. The lowest BCUT2D eigenvalue weighted by Gasteiger charge is -2.08. The molecule has 0 radical (unpaired) electrons. The fourth-order valence-electron chi connectivity index (χ4n) is 1.29. The summed E-state index contributed by atoms with van der Waals surface area (Å²) in [7, 11) is 0. The maximum atomic E-state index is 11.4. The minimum absolute atomic E-state index is 0.00716. The molecule has 0 spiro atoms. The predicted molar refractivity (Wildman–Crippen MR) is 57.2 cm³/mol. The van der Waals surface area contributed by atoms with Crippen LogP contribution in [-0.4, -0.2) is 18.0 Å². The van der Waals surface area contributed by atoms with Crippen molar-refractivity contribution in [3.63, 3.8) is 0 Å². The first-order valence-electron chi connectivity index (χ1n) is 4.79. The molecular formula is C10H14N2OS. The van der Waals surface area contributed by atoms with Gasteiger partial charge >= 0.3 is 0 Å². The second-order valence-corrected chi connectivity index (χ2v) is 4.57. The molecule has 1 aliphatic carbocycles. The summed E-state index contributed by atoms with van der Waals surface area (Å²) in [5.41, 5.74) is 6.48. The van der Waals surface area contributed by atoms with Crippen LogP contribution in [-0.2, 0) is 11.2 Å². The third-order valence-electron chi connectivity index (χ3n) is 2.52. The summed E-state index contributed by atoms with van der Waals surface area (Å²) in [5.74, 6) is 0.00716. The molecule has 0 aromatic carbocycles. The first kappa shape index (κ1) is 9.68. The molecule has 4 heteroatoms. The molecule has 1 amide bonds. The third-order valence-corrected chi connectivity index (χ3v) is 3.25.